The highest BCUT2D eigenvalue weighted by Gasteiger charge is 2.30. The quantitative estimate of drug-likeness (QED) is 0.745. The molecule has 1 unspecified atom stereocenters. The molecule has 1 heteroatoms. The van der Waals surface area contributed by atoms with Gasteiger partial charge in [0.05, 0.1) is 0 Å². The summed E-state index contributed by atoms with van der Waals surface area (Å²) < 4.78 is 0. The average molecular weight is 203 g/mol. The van der Waals surface area contributed by atoms with Gasteiger partial charge in [-0.25, -0.2) is 0 Å². The second-order valence-electron chi connectivity index (χ2n) is 5.47. The van der Waals surface area contributed by atoms with Crippen LogP contribution in [0.15, 0.2) is 18.2 Å². The molecule has 15 heavy (non-hydrogen) atoms. The molecule has 0 radical (unpaired) electrons. The fourth-order valence-corrected chi connectivity index (χ4v) is 2.72. The molecule has 0 aromatic heterocycles. The largest absolute Gasteiger partial charge is 0.325 e. The molecule has 1 nitrogen and oxygen atoms in total. The third-order valence-corrected chi connectivity index (χ3v) is 3.51. The van der Waals surface area contributed by atoms with Crippen LogP contribution in [0.25, 0.3) is 0 Å². The van der Waals surface area contributed by atoms with Crippen LogP contribution in [0.3, 0.4) is 0 Å². The van der Waals surface area contributed by atoms with Crippen molar-refractivity contribution < 1.29 is 0 Å². The Labute approximate surface area is 92.7 Å². The zero-order chi connectivity index (χ0) is 11.1. The second-order valence-corrected chi connectivity index (χ2v) is 5.47. The molecule has 1 aromatic rings. The smallest absolute Gasteiger partial charge is 0.0166 e. The lowest BCUT2D eigenvalue weighted by Gasteiger charge is -2.35. The topological polar surface area (TPSA) is 26.0 Å². The van der Waals surface area contributed by atoms with Crippen molar-refractivity contribution in [2.45, 2.75) is 51.5 Å². The Bertz CT molecular complexity index is 360. The van der Waals surface area contributed by atoms with Crippen LogP contribution in [0.5, 0.6) is 0 Å². The maximum Gasteiger partial charge on any atom is 0.0166 e. The first-order chi connectivity index (χ1) is 6.98. The first-order valence-corrected chi connectivity index (χ1v) is 5.87. The monoisotopic (exact) mass is 203 g/mol. The molecular formula is C14H21N. The highest BCUT2D eigenvalue weighted by atomic mass is 14.7. The molecule has 0 spiro atoms. The minimum Gasteiger partial charge on any atom is -0.325 e. The number of benzene rings is 1. The van der Waals surface area contributed by atoms with Gasteiger partial charge in [0.15, 0.2) is 0 Å². The first kappa shape index (κ1) is 10.7. The van der Waals surface area contributed by atoms with E-state index in [9.17, 15) is 0 Å². The van der Waals surface area contributed by atoms with E-state index >= 15 is 0 Å². The summed E-state index contributed by atoms with van der Waals surface area (Å²) in [6.45, 7) is 6.46. The maximum absolute atomic E-state index is 6.26. The Kier molecular flexibility index (Phi) is 2.59. The number of hydrogen-bond donors (Lipinski definition) is 1. The average Bonchev–Trinajstić information content (AvgIpc) is 2.15. The number of hydrogen-bond acceptors (Lipinski definition) is 1. The number of rotatable bonds is 1. The predicted molar refractivity (Wildman–Crippen MR) is 65.1 cm³/mol. The van der Waals surface area contributed by atoms with Gasteiger partial charge in [0.25, 0.3) is 0 Å². The van der Waals surface area contributed by atoms with Gasteiger partial charge in [-0.2, -0.15) is 0 Å². The zero-order valence-corrected chi connectivity index (χ0v) is 10.0. The van der Waals surface area contributed by atoms with Gasteiger partial charge in [-0.15, -0.1) is 0 Å². The standard InChI is InChI=1S/C14H21N/c1-10-7-8-12-11(9-10)5-4-6-13(12)14(2,3)15/h7-9,13H,4-6,15H2,1-3H3. The molecule has 2 N–H and O–H groups in total. The summed E-state index contributed by atoms with van der Waals surface area (Å²) in [6.07, 6.45) is 3.74. The van der Waals surface area contributed by atoms with Gasteiger partial charge >= 0.3 is 0 Å². The molecule has 0 saturated carbocycles. The van der Waals surface area contributed by atoms with Crippen molar-refractivity contribution in [1.29, 1.82) is 0 Å². The Morgan fingerprint density at radius 3 is 2.73 bits per heavy atom. The van der Waals surface area contributed by atoms with Crippen LogP contribution in [-0.2, 0) is 6.42 Å². The summed E-state index contributed by atoms with van der Waals surface area (Å²) >= 11 is 0. The molecule has 0 heterocycles. The Hall–Kier alpha value is -0.820. The summed E-state index contributed by atoms with van der Waals surface area (Å²) in [7, 11) is 0. The number of aryl methyl sites for hydroxylation is 2. The lowest BCUT2D eigenvalue weighted by Crippen LogP contribution is -2.40. The van der Waals surface area contributed by atoms with Crippen molar-refractivity contribution in [3.05, 3.63) is 34.9 Å². The third-order valence-electron chi connectivity index (χ3n) is 3.51. The number of fused-ring (bicyclic) bond motifs is 1. The van der Waals surface area contributed by atoms with Crippen molar-refractivity contribution in [2.24, 2.45) is 5.73 Å². The van der Waals surface area contributed by atoms with Gasteiger partial charge in [0.1, 0.15) is 0 Å². The van der Waals surface area contributed by atoms with Crippen molar-refractivity contribution in [1.82, 2.24) is 0 Å². The van der Waals surface area contributed by atoms with Crippen LogP contribution in [-0.4, -0.2) is 5.54 Å². The fraction of sp³-hybridized carbons (Fsp3) is 0.571. The van der Waals surface area contributed by atoms with Crippen LogP contribution < -0.4 is 5.73 Å². The molecule has 0 saturated heterocycles. The number of nitrogens with two attached hydrogens (primary N) is 1. The van der Waals surface area contributed by atoms with E-state index in [1.54, 1.807) is 0 Å². The van der Waals surface area contributed by atoms with Gasteiger partial charge in [-0.3, -0.25) is 0 Å². The molecule has 0 fully saturated rings. The van der Waals surface area contributed by atoms with E-state index in [0.29, 0.717) is 5.92 Å². The zero-order valence-electron chi connectivity index (χ0n) is 10.0. The fourth-order valence-electron chi connectivity index (χ4n) is 2.72. The van der Waals surface area contributed by atoms with E-state index in [1.165, 1.54) is 36.0 Å². The lowest BCUT2D eigenvalue weighted by atomic mass is 9.73. The molecule has 1 aliphatic rings. The Balaban J connectivity index is 2.43. The SMILES string of the molecule is Cc1ccc2c(c1)CCCC2C(C)(C)N. The van der Waals surface area contributed by atoms with Gasteiger partial charge in [-0.05, 0) is 51.2 Å². The van der Waals surface area contributed by atoms with Gasteiger partial charge in [0.2, 0.25) is 0 Å². The minimum absolute atomic E-state index is 0.0928. The van der Waals surface area contributed by atoms with Gasteiger partial charge in [-0.1, -0.05) is 23.8 Å². The second kappa shape index (κ2) is 3.64. The summed E-state index contributed by atoms with van der Waals surface area (Å²) in [5.74, 6) is 0.529. The van der Waals surface area contributed by atoms with Crippen LogP contribution in [0.2, 0.25) is 0 Å². The first-order valence-electron chi connectivity index (χ1n) is 5.87. The van der Waals surface area contributed by atoms with Gasteiger partial charge in [0, 0.05) is 11.5 Å². The predicted octanol–water partition coefficient (Wildman–Crippen LogP) is 3.15. The highest BCUT2D eigenvalue weighted by Crippen LogP contribution is 2.37. The van der Waals surface area contributed by atoms with Gasteiger partial charge < -0.3 is 5.73 Å². The van der Waals surface area contributed by atoms with E-state index in [0.717, 1.165) is 0 Å². The third kappa shape index (κ3) is 2.07. The van der Waals surface area contributed by atoms with E-state index in [1.807, 2.05) is 0 Å². The lowest BCUT2D eigenvalue weighted by molar-refractivity contribution is 0.368. The molecule has 2 rings (SSSR count). The molecule has 0 aliphatic heterocycles. The summed E-state index contributed by atoms with van der Waals surface area (Å²) in [5, 5.41) is 0. The molecule has 1 aliphatic carbocycles. The van der Waals surface area contributed by atoms with E-state index in [2.05, 4.69) is 39.0 Å². The maximum atomic E-state index is 6.26. The molecule has 82 valence electrons. The van der Waals surface area contributed by atoms with Crippen molar-refractivity contribution in [3.8, 4) is 0 Å². The van der Waals surface area contributed by atoms with E-state index < -0.39 is 0 Å². The minimum atomic E-state index is -0.0928. The summed E-state index contributed by atoms with van der Waals surface area (Å²) in [5.41, 5.74) is 10.5. The van der Waals surface area contributed by atoms with Crippen molar-refractivity contribution >= 4 is 0 Å². The van der Waals surface area contributed by atoms with Crippen LogP contribution in [0.1, 0.15) is 49.3 Å². The van der Waals surface area contributed by atoms with E-state index in [4.69, 9.17) is 5.73 Å². The summed E-state index contributed by atoms with van der Waals surface area (Å²) in [4.78, 5) is 0. The van der Waals surface area contributed by atoms with Crippen molar-refractivity contribution in [3.63, 3.8) is 0 Å². The Morgan fingerprint density at radius 2 is 2.07 bits per heavy atom. The molecule has 0 bridgehead atoms. The molecular weight excluding hydrogens is 182 g/mol. The van der Waals surface area contributed by atoms with Crippen LogP contribution in [0.4, 0.5) is 0 Å². The summed E-state index contributed by atoms with van der Waals surface area (Å²) in [6, 6.07) is 6.82. The van der Waals surface area contributed by atoms with Crippen LogP contribution in [0, 0.1) is 6.92 Å². The highest BCUT2D eigenvalue weighted by molar-refractivity contribution is 5.37. The van der Waals surface area contributed by atoms with Crippen molar-refractivity contribution in [2.75, 3.05) is 0 Å². The van der Waals surface area contributed by atoms with E-state index in [-0.39, 0.29) is 5.54 Å². The molecule has 1 atom stereocenters. The molecule has 1 aromatic carbocycles. The van der Waals surface area contributed by atoms with Crippen LogP contribution >= 0.6 is 0 Å². The molecule has 0 amide bonds. The normalized spacial score (nSPS) is 21.2. The Morgan fingerprint density at radius 1 is 1.33 bits per heavy atom.